The van der Waals surface area contributed by atoms with E-state index in [0.717, 1.165) is 0 Å². The fourth-order valence-corrected chi connectivity index (χ4v) is 2.30. The molecule has 1 N–H and O–H groups in total. The van der Waals surface area contributed by atoms with E-state index in [9.17, 15) is 14.7 Å². The lowest BCUT2D eigenvalue weighted by molar-refractivity contribution is -0.439. The minimum atomic E-state index is -1.13. The molecular weight excluding hydrogens is 308 g/mol. The van der Waals surface area contributed by atoms with Gasteiger partial charge in [0.15, 0.2) is 5.78 Å². The fraction of sp³-hybridized carbons (Fsp3) is 0.0588. The second-order valence-corrected chi connectivity index (χ2v) is 5.09. The number of fused-ring (bicyclic) bond motifs is 1. The van der Waals surface area contributed by atoms with Gasteiger partial charge in [-0.15, -0.1) is 4.68 Å². The predicted molar refractivity (Wildman–Crippen MR) is 87.2 cm³/mol. The normalized spacial score (nSPS) is 14.5. The van der Waals surface area contributed by atoms with E-state index in [-0.39, 0.29) is 16.9 Å². The van der Waals surface area contributed by atoms with Crippen LogP contribution in [0.2, 0.25) is 0 Å². The molecule has 0 amide bonds. The van der Waals surface area contributed by atoms with Crippen LogP contribution < -0.4 is 0 Å². The van der Waals surface area contributed by atoms with Crippen molar-refractivity contribution in [1.29, 1.82) is 0 Å². The summed E-state index contributed by atoms with van der Waals surface area (Å²) in [5.41, 5.74) is 1.24. The molecule has 0 aromatic carbocycles. The quantitative estimate of drug-likeness (QED) is 0.530. The standard InChI is InChI=1S/C17H12N4O3/c1-10-11(17(23)24)9-12-14(22)7-6-13(16(12)19-10)20-21(2)15-5-3-4-8-18-15/h3-9H,2H2,1H3/p+1. The number of ketones is 1. The third-order valence-electron chi connectivity index (χ3n) is 3.49. The van der Waals surface area contributed by atoms with Gasteiger partial charge >= 0.3 is 11.8 Å². The summed E-state index contributed by atoms with van der Waals surface area (Å²) in [6, 6.07) is 6.64. The number of hydrogen-bond donors (Lipinski definition) is 1. The van der Waals surface area contributed by atoms with Crippen molar-refractivity contribution in [3.05, 3.63) is 65.1 Å². The second kappa shape index (κ2) is 5.96. The number of carbonyl (C=O) groups is 2. The minimum absolute atomic E-state index is 0.00652. The van der Waals surface area contributed by atoms with Gasteiger partial charge in [0.05, 0.1) is 23.5 Å². The summed E-state index contributed by atoms with van der Waals surface area (Å²) in [5.74, 6) is -0.918. The number of pyridine rings is 2. The zero-order valence-electron chi connectivity index (χ0n) is 12.8. The number of carboxylic acids is 1. The monoisotopic (exact) mass is 321 g/mol. The molecule has 7 heteroatoms. The van der Waals surface area contributed by atoms with Gasteiger partial charge in [0.2, 0.25) is 0 Å². The van der Waals surface area contributed by atoms with Crippen molar-refractivity contribution in [2.45, 2.75) is 6.92 Å². The number of nitrogens with zero attached hydrogens (tertiary/aromatic N) is 4. The zero-order valence-corrected chi connectivity index (χ0v) is 12.8. The van der Waals surface area contributed by atoms with Gasteiger partial charge in [0.25, 0.3) is 0 Å². The summed E-state index contributed by atoms with van der Waals surface area (Å²) in [6.45, 7) is 5.38. The predicted octanol–water partition coefficient (Wildman–Crippen LogP) is 1.98. The van der Waals surface area contributed by atoms with Crippen LogP contribution in [0, 0.1) is 6.92 Å². The maximum absolute atomic E-state index is 12.1. The molecule has 2 aromatic heterocycles. The Kier molecular flexibility index (Phi) is 3.83. The third-order valence-corrected chi connectivity index (χ3v) is 3.49. The van der Waals surface area contributed by atoms with Crippen molar-refractivity contribution in [2.24, 2.45) is 5.10 Å². The van der Waals surface area contributed by atoms with Gasteiger partial charge in [-0.3, -0.25) is 4.79 Å². The SMILES string of the molecule is C=[N+](N=C1C=CC(=O)c2cc(C(=O)O)c(C)nc21)c1ccccn1. The molecule has 3 rings (SSSR count). The van der Waals surface area contributed by atoms with Crippen molar-refractivity contribution in [3.63, 3.8) is 0 Å². The number of aryl methyl sites for hydroxylation is 1. The molecule has 0 atom stereocenters. The van der Waals surface area contributed by atoms with E-state index < -0.39 is 5.97 Å². The smallest absolute Gasteiger partial charge is 0.347 e. The summed E-state index contributed by atoms with van der Waals surface area (Å²) in [6.07, 6.45) is 4.47. The number of aromatic nitrogens is 2. The number of carbonyl (C=O) groups excluding carboxylic acids is 1. The molecule has 24 heavy (non-hydrogen) atoms. The lowest BCUT2D eigenvalue weighted by Gasteiger charge is -2.12. The molecular formula is C17H13N4O3+. The Labute approximate surface area is 137 Å². The van der Waals surface area contributed by atoms with Crippen LogP contribution in [-0.2, 0) is 0 Å². The van der Waals surface area contributed by atoms with E-state index in [4.69, 9.17) is 0 Å². The van der Waals surface area contributed by atoms with Crippen LogP contribution in [0.3, 0.4) is 0 Å². The van der Waals surface area contributed by atoms with Gasteiger partial charge in [-0.05, 0) is 36.2 Å². The topological polar surface area (TPSA) is 95.5 Å². The first-order valence-corrected chi connectivity index (χ1v) is 7.05. The van der Waals surface area contributed by atoms with Crippen molar-refractivity contribution >= 4 is 30.0 Å². The lowest BCUT2D eigenvalue weighted by Crippen LogP contribution is -2.19. The number of carboxylic acid groups (broad SMARTS) is 1. The Morgan fingerprint density at radius 2 is 2.12 bits per heavy atom. The molecule has 0 radical (unpaired) electrons. The largest absolute Gasteiger partial charge is 0.478 e. The Balaban J connectivity index is 2.10. The van der Waals surface area contributed by atoms with E-state index in [1.807, 2.05) is 0 Å². The molecule has 2 heterocycles. The van der Waals surface area contributed by atoms with Crippen molar-refractivity contribution in [3.8, 4) is 0 Å². The Bertz CT molecular complexity index is 930. The van der Waals surface area contributed by atoms with Crippen molar-refractivity contribution in [1.82, 2.24) is 9.97 Å². The maximum atomic E-state index is 12.1. The molecule has 0 saturated heterocycles. The highest BCUT2D eigenvalue weighted by molar-refractivity contribution is 6.23. The van der Waals surface area contributed by atoms with Gasteiger partial charge in [-0.1, -0.05) is 11.2 Å². The number of aromatic carboxylic acids is 1. The van der Waals surface area contributed by atoms with Gasteiger partial charge in [-0.25, -0.2) is 9.78 Å². The number of hydrogen-bond acceptors (Lipinski definition) is 5. The first-order valence-electron chi connectivity index (χ1n) is 7.05. The zero-order chi connectivity index (χ0) is 17.3. The van der Waals surface area contributed by atoms with Crippen LogP contribution in [-0.4, -0.2) is 43.9 Å². The fourth-order valence-electron chi connectivity index (χ4n) is 2.30. The number of rotatable bonds is 3. The van der Waals surface area contributed by atoms with Crippen molar-refractivity contribution < 1.29 is 19.4 Å². The number of allylic oxidation sites excluding steroid dienone is 2. The van der Waals surface area contributed by atoms with Crippen LogP contribution in [0.1, 0.15) is 32.1 Å². The summed E-state index contributed by atoms with van der Waals surface area (Å²) in [7, 11) is 0. The maximum Gasteiger partial charge on any atom is 0.347 e. The lowest BCUT2D eigenvalue weighted by atomic mass is 9.96. The van der Waals surface area contributed by atoms with E-state index in [1.165, 1.54) is 22.9 Å². The first kappa shape index (κ1) is 15.4. The summed E-state index contributed by atoms with van der Waals surface area (Å²) >= 11 is 0. The molecule has 0 unspecified atom stereocenters. The van der Waals surface area contributed by atoms with Crippen LogP contribution in [0.15, 0.2) is 47.7 Å². The van der Waals surface area contributed by atoms with Gasteiger partial charge in [0.1, 0.15) is 17.6 Å². The molecule has 118 valence electrons. The highest BCUT2D eigenvalue weighted by atomic mass is 16.4. The molecule has 1 aliphatic carbocycles. The van der Waals surface area contributed by atoms with Crippen LogP contribution >= 0.6 is 0 Å². The average Bonchev–Trinajstić information content (AvgIpc) is 2.57. The molecule has 0 bridgehead atoms. The third kappa shape index (κ3) is 2.74. The van der Waals surface area contributed by atoms with E-state index in [1.54, 1.807) is 31.3 Å². The Morgan fingerprint density at radius 1 is 1.33 bits per heavy atom. The van der Waals surface area contributed by atoms with E-state index >= 15 is 0 Å². The van der Waals surface area contributed by atoms with Crippen LogP contribution in [0.4, 0.5) is 5.82 Å². The van der Waals surface area contributed by atoms with Crippen LogP contribution in [0.5, 0.6) is 0 Å². The summed E-state index contributed by atoms with van der Waals surface area (Å²) < 4.78 is 1.32. The van der Waals surface area contributed by atoms with Gasteiger partial charge in [-0.2, -0.15) is 0 Å². The van der Waals surface area contributed by atoms with Crippen LogP contribution in [0.25, 0.3) is 0 Å². The molecule has 0 aliphatic heterocycles. The molecule has 0 fully saturated rings. The average molecular weight is 321 g/mol. The first-order chi connectivity index (χ1) is 11.5. The van der Waals surface area contributed by atoms with Gasteiger partial charge < -0.3 is 5.11 Å². The van der Waals surface area contributed by atoms with Gasteiger partial charge in [0, 0.05) is 6.07 Å². The highest BCUT2D eigenvalue weighted by Crippen LogP contribution is 2.20. The molecule has 0 spiro atoms. The summed E-state index contributed by atoms with van der Waals surface area (Å²) in [5, 5.41) is 13.5. The molecule has 7 nitrogen and oxygen atoms in total. The molecule has 1 aliphatic rings. The summed E-state index contributed by atoms with van der Waals surface area (Å²) in [4.78, 5) is 31.7. The number of hydrazone groups is 1. The van der Waals surface area contributed by atoms with E-state index in [2.05, 4.69) is 21.8 Å². The Hall–Kier alpha value is -3.48. The Morgan fingerprint density at radius 3 is 2.79 bits per heavy atom. The highest BCUT2D eigenvalue weighted by Gasteiger charge is 2.24. The minimum Gasteiger partial charge on any atom is -0.478 e. The van der Waals surface area contributed by atoms with E-state index in [0.29, 0.717) is 22.9 Å². The molecule has 0 saturated carbocycles. The second-order valence-electron chi connectivity index (χ2n) is 5.09. The van der Waals surface area contributed by atoms with Crippen molar-refractivity contribution in [2.75, 3.05) is 0 Å². The molecule has 2 aromatic rings.